The van der Waals surface area contributed by atoms with Gasteiger partial charge in [-0.1, -0.05) is 0 Å². The maximum atomic E-state index is 11.0. The van der Waals surface area contributed by atoms with Crippen molar-refractivity contribution in [3.05, 3.63) is 23.0 Å². The van der Waals surface area contributed by atoms with Crippen molar-refractivity contribution in [1.82, 2.24) is 4.57 Å². The Labute approximate surface area is 91.7 Å². The number of nitrogens with zero attached hydrogens (tertiary/aromatic N) is 2. The second kappa shape index (κ2) is 4.49. The lowest BCUT2D eigenvalue weighted by Gasteiger charge is -2.02. The zero-order chi connectivity index (χ0) is 12.3. The third-order valence-electron chi connectivity index (χ3n) is 2.19. The highest BCUT2D eigenvalue weighted by atomic mass is 16.5. The lowest BCUT2D eigenvalue weighted by Crippen LogP contribution is -2.12. The molecule has 0 aliphatic heterocycles. The SMILES string of the molecule is COC(=O)Cn1cc(C(=O)O)c(C)c1C#N. The molecule has 16 heavy (non-hydrogen) atoms. The number of rotatable bonds is 3. The van der Waals surface area contributed by atoms with Gasteiger partial charge in [-0.25, -0.2) is 4.79 Å². The molecule has 0 radical (unpaired) electrons. The summed E-state index contributed by atoms with van der Waals surface area (Å²) >= 11 is 0. The van der Waals surface area contributed by atoms with Gasteiger partial charge >= 0.3 is 11.9 Å². The van der Waals surface area contributed by atoms with Crippen molar-refractivity contribution in [1.29, 1.82) is 5.26 Å². The number of methoxy groups -OCH3 is 1. The minimum atomic E-state index is -1.13. The van der Waals surface area contributed by atoms with E-state index in [9.17, 15) is 9.59 Å². The van der Waals surface area contributed by atoms with Crippen molar-refractivity contribution in [3.8, 4) is 6.07 Å². The van der Waals surface area contributed by atoms with Crippen LogP contribution in [-0.2, 0) is 16.1 Å². The number of nitriles is 1. The molecule has 0 aliphatic rings. The number of carboxylic acid groups (broad SMARTS) is 1. The number of hydrogen-bond donors (Lipinski definition) is 1. The van der Waals surface area contributed by atoms with Crippen LogP contribution in [0, 0.1) is 18.3 Å². The number of aromatic carboxylic acids is 1. The predicted molar refractivity (Wildman–Crippen MR) is 52.9 cm³/mol. The van der Waals surface area contributed by atoms with Gasteiger partial charge in [0.1, 0.15) is 18.3 Å². The summed E-state index contributed by atoms with van der Waals surface area (Å²) in [7, 11) is 1.23. The fourth-order valence-electron chi connectivity index (χ4n) is 1.35. The topological polar surface area (TPSA) is 92.3 Å². The van der Waals surface area contributed by atoms with Crippen LogP contribution in [0.1, 0.15) is 21.6 Å². The number of aromatic nitrogens is 1. The Balaban J connectivity index is 3.20. The van der Waals surface area contributed by atoms with E-state index in [1.807, 2.05) is 6.07 Å². The second-order valence-corrected chi connectivity index (χ2v) is 3.14. The number of ether oxygens (including phenoxy) is 1. The molecule has 0 bridgehead atoms. The minimum Gasteiger partial charge on any atom is -0.478 e. The van der Waals surface area contributed by atoms with Crippen molar-refractivity contribution in [2.75, 3.05) is 7.11 Å². The van der Waals surface area contributed by atoms with Crippen molar-refractivity contribution >= 4 is 11.9 Å². The fourth-order valence-corrected chi connectivity index (χ4v) is 1.35. The van der Waals surface area contributed by atoms with Crippen LogP contribution in [-0.4, -0.2) is 28.7 Å². The normalized spacial score (nSPS) is 9.56. The zero-order valence-corrected chi connectivity index (χ0v) is 8.85. The first kappa shape index (κ1) is 11.8. The molecule has 6 heteroatoms. The Morgan fingerprint density at radius 3 is 2.69 bits per heavy atom. The van der Waals surface area contributed by atoms with Crippen LogP contribution in [0.5, 0.6) is 0 Å². The summed E-state index contributed by atoms with van der Waals surface area (Å²) in [5, 5.41) is 17.7. The number of carbonyl (C=O) groups is 2. The molecule has 84 valence electrons. The van der Waals surface area contributed by atoms with E-state index in [4.69, 9.17) is 10.4 Å². The van der Waals surface area contributed by atoms with Crippen LogP contribution in [0.25, 0.3) is 0 Å². The molecule has 1 aromatic rings. The highest BCUT2D eigenvalue weighted by Crippen LogP contribution is 2.16. The Kier molecular flexibility index (Phi) is 3.30. The van der Waals surface area contributed by atoms with Gasteiger partial charge in [-0.15, -0.1) is 0 Å². The van der Waals surface area contributed by atoms with Gasteiger partial charge < -0.3 is 14.4 Å². The first-order valence-electron chi connectivity index (χ1n) is 4.41. The van der Waals surface area contributed by atoms with Crippen LogP contribution in [0.15, 0.2) is 6.20 Å². The summed E-state index contributed by atoms with van der Waals surface area (Å²) in [6, 6.07) is 1.86. The van der Waals surface area contributed by atoms with Gasteiger partial charge in [-0.3, -0.25) is 4.79 Å². The Morgan fingerprint density at radius 1 is 1.62 bits per heavy atom. The van der Waals surface area contributed by atoms with Crippen molar-refractivity contribution < 1.29 is 19.4 Å². The number of carbonyl (C=O) groups excluding carboxylic acids is 1. The Morgan fingerprint density at radius 2 is 2.25 bits per heavy atom. The average Bonchev–Trinajstić information content (AvgIpc) is 2.55. The van der Waals surface area contributed by atoms with Gasteiger partial charge in [-0.2, -0.15) is 5.26 Å². The van der Waals surface area contributed by atoms with Crippen molar-refractivity contribution in [3.63, 3.8) is 0 Å². The summed E-state index contributed by atoms with van der Waals surface area (Å²) < 4.78 is 5.72. The third kappa shape index (κ3) is 2.03. The zero-order valence-electron chi connectivity index (χ0n) is 8.85. The van der Waals surface area contributed by atoms with Crippen LogP contribution >= 0.6 is 0 Å². The first-order chi connectivity index (χ1) is 7.51. The van der Waals surface area contributed by atoms with Crippen LogP contribution in [0.4, 0.5) is 0 Å². The van der Waals surface area contributed by atoms with Crippen molar-refractivity contribution in [2.45, 2.75) is 13.5 Å². The fraction of sp³-hybridized carbons (Fsp3) is 0.300. The number of carboxylic acids is 1. The summed E-state index contributed by atoms with van der Waals surface area (Å²) in [6.45, 7) is 1.35. The Bertz CT molecular complexity index is 482. The van der Waals surface area contributed by atoms with E-state index in [0.29, 0.717) is 5.56 Å². The average molecular weight is 222 g/mol. The van der Waals surface area contributed by atoms with Gasteiger partial charge in [0.25, 0.3) is 0 Å². The van der Waals surface area contributed by atoms with Gasteiger partial charge in [0.05, 0.1) is 12.7 Å². The van der Waals surface area contributed by atoms with Crippen LogP contribution in [0.2, 0.25) is 0 Å². The summed E-state index contributed by atoms with van der Waals surface area (Å²) in [4.78, 5) is 21.9. The molecule has 1 rings (SSSR count). The molecule has 0 amide bonds. The molecule has 0 fully saturated rings. The first-order valence-corrected chi connectivity index (χ1v) is 4.41. The van der Waals surface area contributed by atoms with E-state index in [1.54, 1.807) is 0 Å². The van der Waals surface area contributed by atoms with E-state index in [1.165, 1.54) is 24.8 Å². The summed E-state index contributed by atoms with van der Waals surface area (Å²) in [5.41, 5.74) is 0.516. The highest BCUT2D eigenvalue weighted by molar-refractivity contribution is 5.90. The van der Waals surface area contributed by atoms with Gasteiger partial charge in [-0.05, 0) is 12.5 Å². The minimum absolute atomic E-state index is 0.0143. The van der Waals surface area contributed by atoms with E-state index in [0.717, 1.165) is 0 Å². The maximum absolute atomic E-state index is 11.0. The molecule has 0 saturated carbocycles. The van der Waals surface area contributed by atoms with E-state index in [-0.39, 0.29) is 17.8 Å². The maximum Gasteiger partial charge on any atom is 0.337 e. The van der Waals surface area contributed by atoms with Crippen molar-refractivity contribution in [2.24, 2.45) is 0 Å². The second-order valence-electron chi connectivity index (χ2n) is 3.14. The Hall–Kier alpha value is -2.29. The largest absolute Gasteiger partial charge is 0.478 e. The van der Waals surface area contributed by atoms with Gasteiger partial charge in [0.2, 0.25) is 0 Å². The molecular weight excluding hydrogens is 212 g/mol. The standard InChI is InChI=1S/C10H10N2O4/c1-6-7(10(14)15)4-12(8(6)3-11)5-9(13)16-2/h4H,5H2,1-2H3,(H,14,15). The van der Waals surface area contributed by atoms with Gasteiger partial charge in [0, 0.05) is 6.20 Å². The smallest absolute Gasteiger partial charge is 0.337 e. The van der Waals surface area contributed by atoms with Crippen LogP contribution < -0.4 is 0 Å². The molecule has 0 spiro atoms. The van der Waals surface area contributed by atoms with Crippen LogP contribution in [0.3, 0.4) is 0 Å². The molecule has 6 nitrogen and oxygen atoms in total. The number of esters is 1. The summed E-state index contributed by atoms with van der Waals surface area (Å²) in [5.74, 6) is -1.67. The molecule has 1 heterocycles. The molecule has 0 atom stereocenters. The molecule has 0 aliphatic carbocycles. The highest BCUT2D eigenvalue weighted by Gasteiger charge is 2.18. The molecule has 0 saturated heterocycles. The number of hydrogen-bond acceptors (Lipinski definition) is 4. The predicted octanol–water partition coefficient (Wildman–Crippen LogP) is 0.539. The molecule has 0 unspecified atom stereocenters. The quantitative estimate of drug-likeness (QED) is 0.753. The van der Waals surface area contributed by atoms with Gasteiger partial charge in [0.15, 0.2) is 0 Å². The molecule has 0 aromatic carbocycles. The monoisotopic (exact) mass is 222 g/mol. The third-order valence-corrected chi connectivity index (χ3v) is 2.19. The van der Waals surface area contributed by atoms with E-state index >= 15 is 0 Å². The molecule has 1 aromatic heterocycles. The molecule has 1 N–H and O–H groups in total. The van der Waals surface area contributed by atoms with E-state index in [2.05, 4.69) is 4.74 Å². The van der Waals surface area contributed by atoms with E-state index < -0.39 is 11.9 Å². The summed E-state index contributed by atoms with van der Waals surface area (Å²) in [6.07, 6.45) is 1.26. The lowest BCUT2D eigenvalue weighted by molar-refractivity contribution is -0.141. The lowest BCUT2D eigenvalue weighted by atomic mass is 10.2. The molecular formula is C10H10N2O4.